The van der Waals surface area contributed by atoms with Crippen molar-refractivity contribution in [3.05, 3.63) is 29.8 Å². The predicted molar refractivity (Wildman–Crippen MR) is 83.6 cm³/mol. The van der Waals surface area contributed by atoms with Gasteiger partial charge in [-0.2, -0.15) is 0 Å². The molecule has 1 rings (SSSR count). The van der Waals surface area contributed by atoms with E-state index in [4.69, 9.17) is 5.73 Å². The van der Waals surface area contributed by atoms with E-state index in [1.807, 2.05) is 6.92 Å². The predicted octanol–water partition coefficient (Wildman–Crippen LogP) is 1.78. The van der Waals surface area contributed by atoms with Crippen LogP contribution < -0.4 is 11.1 Å². The van der Waals surface area contributed by atoms with Crippen LogP contribution in [0.3, 0.4) is 0 Å². The van der Waals surface area contributed by atoms with Crippen LogP contribution in [0.4, 0.5) is 0 Å². The van der Waals surface area contributed by atoms with Gasteiger partial charge in [0.25, 0.3) is 0 Å². The van der Waals surface area contributed by atoms with Gasteiger partial charge in [-0.25, -0.2) is 8.42 Å². The Labute approximate surface area is 126 Å². The molecule has 0 aliphatic heterocycles. The average Bonchev–Trinajstić information content (AvgIpc) is 2.43. The van der Waals surface area contributed by atoms with Crippen molar-refractivity contribution in [2.75, 3.05) is 6.26 Å². The quantitative estimate of drug-likeness (QED) is 0.803. The van der Waals surface area contributed by atoms with E-state index in [0.717, 1.165) is 18.4 Å². The highest BCUT2D eigenvalue weighted by molar-refractivity contribution is 7.90. The molecule has 2 atom stereocenters. The van der Waals surface area contributed by atoms with Gasteiger partial charge in [0.2, 0.25) is 5.91 Å². The molecule has 0 aliphatic carbocycles. The monoisotopic (exact) mass is 312 g/mol. The second-order valence-electron chi connectivity index (χ2n) is 5.32. The number of nitrogens with two attached hydrogens (primary N) is 1. The second kappa shape index (κ2) is 7.56. The Morgan fingerprint density at radius 3 is 2.33 bits per heavy atom. The molecule has 0 saturated carbocycles. The Kier molecular flexibility index (Phi) is 6.36. The molecular formula is C15H24N2O3S. The Bertz CT molecular complexity index is 567. The molecule has 1 amide bonds. The minimum atomic E-state index is -3.20. The maximum atomic E-state index is 11.9. The van der Waals surface area contributed by atoms with Gasteiger partial charge in [-0.3, -0.25) is 4.79 Å². The zero-order valence-corrected chi connectivity index (χ0v) is 13.6. The number of sulfone groups is 1. The van der Waals surface area contributed by atoms with Crippen LogP contribution >= 0.6 is 0 Å². The maximum Gasteiger partial charge on any atom is 0.237 e. The van der Waals surface area contributed by atoms with Crippen molar-refractivity contribution in [1.82, 2.24) is 5.32 Å². The first-order valence-corrected chi connectivity index (χ1v) is 9.00. The first kappa shape index (κ1) is 17.7. The SMILES string of the molecule is CCCCC(N)C(=O)NC(C)c1ccc(S(C)(=O)=O)cc1. The highest BCUT2D eigenvalue weighted by atomic mass is 32.2. The van der Waals surface area contributed by atoms with Crippen LogP contribution in [-0.2, 0) is 14.6 Å². The minimum Gasteiger partial charge on any atom is -0.348 e. The Balaban J connectivity index is 2.67. The largest absolute Gasteiger partial charge is 0.348 e. The van der Waals surface area contributed by atoms with E-state index in [1.165, 1.54) is 6.26 Å². The lowest BCUT2D eigenvalue weighted by Gasteiger charge is -2.18. The van der Waals surface area contributed by atoms with E-state index >= 15 is 0 Å². The number of carbonyl (C=O) groups is 1. The molecule has 0 radical (unpaired) electrons. The van der Waals surface area contributed by atoms with E-state index in [2.05, 4.69) is 12.2 Å². The third kappa shape index (κ3) is 5.47. The van der Waals surface area contributed by atoms with Crippen LogP contribution in [0.5, 0.6) is 0 Å². The fourth-order valence-electron chi connectivity index (χ4n) is 1.96. The highest BCUT2D eigenvalue weighted by Crippen LogP contribution is 2.16. The van der Waals surface area contributed by atoms with Gasteiger partial charge in [0.1, 0.15) is 0 Å². The molecule has 5 nitrogen and oxygen atoms in total. The summed E-state index contributed by atoms with van der Waals surface area (Å²) in [6, 6.07) is 5.80. The van der Waals surface area contributed by atoms with Gasteiger partial charge in [0.05, 0.1) is 17.0 Å². The molecule has 0 aliphatic rings. The first-order valence-electron chi connectivity index (χ1n) is 7.11. The number of hydrogen-bond acceptors (Lipinski definition) is 4. The van der Waals surface area contributed by atoms with Gasteiger partial charge in [0.15, 0.2) is 9.84 Å². The summed E-state index contributed by atoms with van der Waals surface area (Å²) in [7, 11) is -3.20. The maximum absolute atomic E-state index is 11.9. The molecule has 0 fully saturated rings. The Hall–Kier alpha value is -1.40. The third-order valence-electron chi connectivity index (χ3n) is 3.37. The number of benzene rings is 1. The summed E-state index contributed by atoms with van der Waals surface area (Å²) in [4.78, 5) is 12.2. The molecule has 1 aromatic carbocycles. The lowest BCUT2D eigenvalue weighted by atomic mass is 10.1. The standard InChI is InChI=1S/C15H24N2O3S/c1-4-5-6-14(16)15(18)17-11(2)12-7-9-13(10-8-12)21(3,19)20/h7-11,14H,4-6,16H2,1-3H3,(H,17,18). The van der Waals surface area contributed by atoms with E-state index < -0.39 is 15.9 Å². The van der Waals surface area contributed by atoms with Gasteiger partial charge < -0.3 is 11.1 Å². The van der Waals surface area contributed by atoms with E-state index in [0.29, 0.717) is 6.42 Å². The number of carbonyl (C=O) groups excluding carboxylic acids is 1. The molecule has 6 heteroatoms. The van der Waals surface area contributed by atoms with Crippen LogP contribution in [0.1, 0.15) is 44.7 Å². The average molecular weight is 312 g/mol. The van der Waals surface area contributed by atoms with E-state index in [9.17, 15) is 13.2 Å². The van der Waals surface area contributed by atoms with Gasteiger partial charge in [-0.15, -0.1) is 0 Å². The van der Waals surface area contributed by atoms with Crippen LogP contribution in [0.15, 0.2) is 29.2 Å². The first-order chi connectivity index (χ1) is 9.75. The van der Waals surface area contributed by atoms with Crippen LogP contribution in [0, 0.1) is 0 Å². The Morgan fingerprint density at radius 1 is 1.29 bits per heavy atom. The van der Waals surface area contributed by atoms with Crippen molar-refractivity contribution < 1.29 is 13.2 Å². The summed E-state index contributed by atoms with van der Waals surface area (Å²) in [5.41, 5.74) is 6.67. The summed E-state index contributed by atoms with van der Waals surface area (Å²) >= 11 is 0. The Morgan fingerprint density at radius 2 is 1.86 bits per heavy atom. The molecule has 2 unspecified atom stereocenters. The summed E-state index contributed by atoms with van der Waals surface area (Å²) < 4.78 is 22.8. The summed E-state index contributed by atoms with van der Waals surface area (Å²) in [5, 5.41) is 2.85. The molecule has 0 spiro atoms. The summed E-state index contributed by atoms with van der Waals surface area (Å²) in [6.07, 6.45) is 3.76. The molecule has 3 N–H and O–H groups in total. The minimum absolute atomic E-state index is 0.178. The third-order valence-corrected chi connectivity index (χ3v) is 4.50. The fourth-order valence-corrected chi connectivity index (χ4v) is 2.59. The van der Waals surface area contributed by atoms with Gasteiger partial charge in [-0.1, -0.05) is 31.9 Å². The van der Waals surface area contributed by atoms with E-state index in [1.54, 1.807) is 24.3 Å². The topological polar surface area (TPSA) is 89.3 Å². The van der Waals surface area contributed by atoms with Crippen molar-refractivity contribution in [2.24, 2.45) is 5.73 Å². The van der Waals surface area contributed by atoms with Crippen LogP contribution in [-0.4, -0.2) is 26.6 Å². The zero-order chi connectivity index (χ0) is 16.0. The second-order valence-corrected chi connectivity index (χ2v) is 7.34. The number of rotatable bonds is 7. The number of nitrogens with one attached hydrogen (secondary N) is 1. The normalized spacial score (nSPS) is 14.5. The lowest BCUT2D eigenvalue weighted by Crippen LogP contribution is -2.41. The summed E-state index contributed by atoms with van der Waals surface area (Å²) in [6.45, 7) is 3.90. The highest BCUT2D eigenvalue weighted by Gasteiger charge is 2.16. The smallest absolute Gasteiger partial charge is 0.237 e. The fraction of sp³-hybridized carbons (Fsp3) is 0.533. The van der Waals surface area contributed by atoms with Gasteiger partial charge in [-0.05, 0) is 31.0 Å². The molecule has 0 saturated heterocycles. The lowest BCUT2D eigenvalue weighted by molar-refractivity contribution is -0.123. The van der Waals surface area contributed by atoms with Crippen molar-refractivity contribution in [1.29, 1.82) is 0 Å². The van der Waals surface area contributed by atoms with Crippen LogP contribution in [0.2, 0.25) is 0 Å². The molecule has 0 bridgehead atoms. The van der Waals surface area contributed by atoms with Gasteiger partial charge >= 0.3 is 0 Å². The van der Waals surface area contributed by atoms with Crippen molar-refractivity contribution in [2.45, 2.75) is 50.1 Å². The van der Waals surface area contributed by atoms with Gasteiger partial charge in [0, 0.05) is 6.26 Å². The van der Waals surface area contributed by atoms with Crippen molar-refractivity contribution >= 4 is 15.7 Å². The van der Waals surface area contributed by atoms with Crippen molar-refractivity contribution in [3.63, 3.8) is 0 Å². The zero-order valence-electron chi connectivity index (χ0n) is 12.8. The molecule has 0 aromatic heterocycles. The molecule has 0 heterocycles. The number of amides is 1. The van der Waals surface area contributed by atoms with Crippen molar-refractivity contribution in [3.8, 4) is 0 Å². The van der Waals surface area contributed by atoms with Crippen LogP contribution in [0.25, 0.3) is 0 Å². The molecular weight excluding hydrogens is 288 g/mol. The number of hydrogen-bond donors (Lipinski definition) is 2. The molecule has 21 heavy (non-hydrogen) atoms. The summed E-state index contributed by atoms with van der Waals surface area (Å²) in [5.74, 6) is -0.178. The number of unbranched alkanes of at least 4 members (excludes halogenated alkanes) is 1. The molecule has 1 aromatic rings. The van der Waals surface area contributed by atoms with E-state index in [-0.39, 0.29) is 16.8 Å². The molecule has 118 valence electrons.